The van der Waals surface area contributed by atoms with Crippen LogP contribution in [0, 0.1) is 6.92 Å². The first-order chi connectivity index (χ1) is 13.2. The Morgan fingerprint density at radius 3 is 2.57 bits per heavy atom. The van der Waals surface area contributed by atoms with Gasteiger partial charge in [-0.15, -0.1) is 0 Å². The summed E-state index contributed by atoms with van der Waals surface area (Å²) in [5, 5.41) is 3.31. The molecule has 7 nitrogen and oxygen atoms in total. The first kappa shape index (κ1) is 22.4. The minimum absolute atomic E-state index is 0.0139. The summed E-state index contributed by atoms with van der Waals surface area (Å²) in [6.07, 6.45) is 0. The molecule has 2 N–H and O–H groups in total. The van der Waals surface area contributed by atoms with Gasteiger partial charge in [0.25, 0.3) is 5.91 Å². The van der Waals surface area contributed by atoms with Gasteiger partial charge in [-0.2, -0.15) is 0 Å². The van der Waals surface area contributed by atoms with Crippen molar-refractivity contribution in [3.63, 3.8) is 0 Å². The van der Waals surface area contributed by atoms with Gasteiger partial charge in [0.2, 0.25) is 10.0 Å². The number of benzene rings is 2. The number of halogens is 2. The van der Waals surface area contributed by atoms with E-state index >= 15 is 0 Å². The highest BCUT2D eigenvalue weighted by Gasteiger charge is 2.16. The monoisotopic (exact) mass is 446 g/mol. The fourth-order valence-electron chi connectivity index (χ4n) is 2.20. The van der Waals surface area contributed by atoms with E-state index in [0.717, 1.165) is 5.56 Å². The molecular formula is C18H20Cl2N2O5S. The van der Waals surface area contributed by atoms with E-state index in [0.29, 0.717) is 10.7 Å². The number of hydrogen-bond acceptors (Lipinski definition) is 5. The summed E-state index contributed by atoms with van der Waals surface area (Å²) in [6.45, 7) is 1.87. The van der Waals surface area contributed by atoms with E-state index in [1.54, 1.807) is 25.1 Å². The van der Waals surface area contributed by atoms with Crippen molar-refractivity contribution in [2.75, 3.05) is 32.2 Å². The fourth-order valence-corrected chi connectivity index (χ4v) is 3.71. The Kier molecular flexibility index (Phi) is 8.09. The zero-order valence-electron chi connectivity index (χ0n) is 15.3. The second kappa shape index (κ2) is 10.1. The molecule has 0 aromatic heterocycles. The van der Waals surface area contributed by atoms with Gasteiger partial charge in [-0.25, -0.2) is 13.1 Å². The van der Waals surface area contributed by atoms with E-state index in [1.165, 1.54) is 25.3 Å². The fraction of sp³-hybridized carbons (Fsp3) is 0.278. The molecule has 0 saturated heterocycles. The summed E-state index contributed by atoms with van der Waals surface area (Å²) >= 11 is 12.1. The van der Waals surface area contributed by atoms with Crippen LogP contribution in [0.4, 0.5) is 5.69 Å². The SMILES string of the molecule is COCCNS(=O)(=O)c1ccc(OCC(=O)Nc2cccc(Cl)c2C)c(Cl)c1. The lowest BCUT2D eigenvalue weighted by Gasteiger charge is -2.12. The first-order valence-electron chi connectivity index (χ1n) is 8.20. The Labute approximate surface area is 174 Å². The molecule has 2 rings (SSSR count). The van der Waals surface area contributed by atoms with Crippen molar-refractivity contribution in [1.29, 1.82) is 0 Å². The van der Waals surface area contributed by atoms with E-state index in [-0.39, 0.29) is 35.4 Å². The van der Waals surface area contributed by atoms with Gasteiger partial charge in [-0.1, -0.05) is 29.3 Å². The van der Waals surface area contributed by atoms with Crippen LogP contribution in [-0.4, -0.2) is 41.2 Å². The number of methoxy groups -OCH3 is 1. The van der Waals surface area contributed by atoms with Gasteiger partial charge >= 0.3 is 0 Å². The number of sulfonamides is 1. The highest BCUT2D eigenvalue weighted by atomic mass is 35.5. The largest absolute Gasteiger partial charge is 0.482 e. The molecule has 2 aromatic carbocycles. The molecular weight excluding hydrogens is 427 g/mol. The minimum Gasteiger partial charge on any atom is -0.482 e. The van der Waals surface area contributed by atoms with Crippen molar-refractivity contribution >= 4 is 44.8 Å². The van der Waals surface area contributed by atoms with Gasteiger partial charge in [0.05, 0.1) is 16.5 Å². The zero-order valence-corrected chi connectivity index (χ0v) is 17.6. The second-order valence-electron chi connectivity index (χ2n) is 5.73. The molecule has 0 heterocycles. The zero-order chi connectivity index (χ0) is 20.7. The predicted molar refractivity (Wildman–Crippen MR) is 109 cm³/mol. The lowest BCUT2D eigenvalue weighted by molar-refractivity contribution is -0.118. The Hall–Kier alpha value is -1.84. The standard InChI is InChI=1S/C18H20Cl2N2O5S/c1-12-14(19)4-3-5-16(12)22-18(23)11-27-17-7-6-13(10-15(17)20)28(24,25)21-8-9-26-2/h3-7,10,21H,8-9,11H2,1-2H3,(H,22,23). The summed E-state index contributed by atoms with van der Waals surface area (Å²) < 4.78 is 36.9. The van der Waals surface area contributed by atoms with E-state index in [1.807, 2.05) is 0 Å². The number of rotatable bonds is 9. The molecule has 0 radical (unpaired) electrons. The molecule has 0 saturated carbocycles. The van der Waals surface area contributed by atoms with Crippen LogP contribution < -0.4 is 14.8 Å². The molecule has 152 valence electrons. The highest BCUT2D eigenvalue weighted by molar-refractivity contribution is 7.89. The lowest BCUT2D eigenvalue weighted by Crippen LogP contribution is -2.27. The highest BCUT2D eigenvalue weighted by Crippen LogP contribution is 2.27. The van der Waals surface area contributed by atoms with E-state index in [9.17, 15) is 13.2 Å². The Balaban J connectivity index is 1.99. The number of ether oxygens (including phenoxy) is 2. The van der Waals surface area contributed by atoms with Crippen LogP contribution in [0.2, 0.25) is 10.0 Å². The maximum absolute atomic E-state index is 12.2. The van der Waals surface area contributed by atoms with Crippen molar-refractivity contribution in [3.8, 4) is 5.75 Å². The van der Waals surface area contributed by atoms with Gasteiger partial charge < -0.3 is 14.8 Å². The Morgan fingerprint density at radius 2 is 1.89 bits per heavy atom. The van der Waals surface area contributed by atoms with Gasteiger partial charge in [-0.05, 0) is 42.8 Å². The van der Waals surface area contributed by atoms with Crippen LogP contribution >= 0.6 is 23.2 Å². The normalized spacial score (nSPS) is 11.3. The van der Waals surface area contributed by atoms with Crippen molar-refractivity contribution in [2.24, 2.45) is 0 Å². The third kappa shape index (κ3) is 6.08. The molecule has 2 aromatic rings. The Morgan fingerprint density at radius 1 is 1.14 bits per heavy atom. The maximum atomic E-state index is 12.2. The number of carbonyl (C=O) groups excluding carboxylic acids is 1. The van der Waals surface area contributed by atoms with Crippen molar-refractivity contribution in [1.82, 2.24) is 4.72 Å². The molecule has 0 aliphatic rings. The average Bonchev–Trinajstić information content (AvgIpc) is 2.64. The van der Waals surface area contributed by atoms with Crippen molar-refractivity contribution in [3.05, 3.63) is 52.0 Å². The van der Waals surface area contributed by atoms with Crippen molar-refractivity contribution < 1.29 is 22.7 Å². The first-order valence-corrected chi connectivity index (χ1v) is 10.4. The van der Waals surface area contributed by atoms with Gasteiger partial charge in [-0.3, -0.25) is 4.79 Å². The topological polar surface area (TPSA) is 93.7 Å². The molecule has 10 heteroatoms. The smallest absolute Gasteiger partial charge is 0.262 e. The molecule has 1 amide bonds. The molecule has 28 heavy (non-hydrogen) atoms. The molecule has 0 atom stereocenters. The van der Waals surface area contributed by atoms with Gasteiger partial charge in [0.1, 0.15) is 5.75 Å². The van der Waals surface area contributed by atoms with Gasteiger partial charge in [0.15, 0.2) is 6.61 Å². The third-order valence-corrected chi connectivity index (χ3v) is 5.88. The number of anilines is 1. The van der Waals surface area contributed by atoms with Crippen LogP contribution in [0.1, 0.15) is 5.56 Å². The summed E-state index contributed by atoms with van der Waals surface area (Å²) in [5.74, 6) is -0.213. The quantitative estimate of drug-likeness (QED) is 0.576. The molecule has 0 aliphatic heterocycles. The van der Waals surface area contributed by atoms with Crippen LogP contribution in [-0.2, 0) is 19.6 Å². The molecule has 0 fully saturated rings. The molecule has 0 spiro atoms. The summed E-state index contributed by atoms with van der Waals surface area (Å²) in [7, 11) is -2.24. The third-order valence-electron chi connectivity index (χ3n) is 3.71. The van der Waals surface area contributed by atoms with Crippen LogP contribution in [0.5, 0.6) is 5.75 Å². The van der Waals surface area contributed by atoms with E-state index in [4.69, 9.17) is 32.7 Å². The summed E-state index contributed by atoms with van der Waals surface area (Å²) in [5.41, 5.74) is 1.32. The van der Waals surface area contributed by atoms with E-state index in [2.05, 4.69) is 10.0 Å². The van der Waals surface area contributed by atoms with E-state index < -0.39 is 15.9 Å². The van der Waals surface area contributed by atoms with Crippen molar-refractivity contribution in [2.45, 2.75) is 11.8 Å². The van der Waals surface area contributed by atoms with Crippen LogP contribution in [0.25, 0.3) is 0 Å². The summed E-state index contributed by atoms with van der Waals surface area (Å²) in [6, 6.07) is 9.17. The molecule has 0 bridgehead atoms. The number of amides is 1. The maximum Gasteiger partial charge on any atom is 0.262 e. The predicted octanol–water partition coefficient (Wildman–Crippen LogP) is 3.24. The van der Waals surface area contributed by atoms with Crippen LogP contribution in [0.3, 0.4) is 0 Å². The molecule has 0 aliphatic carbocycles. The molecule has 0 unspecified atom stereocenters. The lowest BCUT2D eigenvalue weighted by atomic mass is 10.2. The minimum atomic E-state index is -3.71. The summed E-state index contributed by atoms with van der Waals surface area (Å²) in [4.78, 5) is 12.1. The Bertz CT molecular complexity index is 951. The number of hydrogen-bond donors (Lipinski definition) is 2. The number of carbonyl (C=O) groups is 1. The van der Waals surface area contributed by atoms with Gasteiger partial charge in [0, 0.05) is 24.4 Å². The van der Waals surface area contributed by atoms with Crippen LogP contribution in [0.15, 0.2) is 41.3 Å². The second-order valence-corrected chi connectivity index (χ2v) is 8.31. The average molecular weight is 447 g/mol. The number of nitrogens with one attached hydrogen (secondary N) is 2.